The van der Waals surface area contributed by atoms with Gasteiger partial charge in [0, 0.05) is 12.2 Å². The van der Waals surface area contributed by atoms with Gasteiger partial charge in [0.25, 0.3) is 0 Å². The fourth-order valence-corrected chi connectivity index (χ4v) is 3.15. The van der Waals surface area contributed by atoms with E-state index in [0.717, 1.165) is 23.6 Å². The van der Waals surface area contributed by atoms with Crippen LogP contribution in [0.2, 0.25) is 0 Å². The molecule has 2 aromatic carbocycles. The number of hydrogen-bond donors (Lipinski definition) is 0. The second-order valence-electron chi connectivity index (χ2n) is 5.09. The number of aromatic nitrogens is 1. The summed E-state index contributed by atoms with van der Waals surface area (Å²) < 4.78 is 6.88. The molecule has 1 aromatic heterocycles. The number of rotatable bonds is 6. The monoisotopic (exact) mass is 297 g/mol. The normalized spacial score (nSPS) is 11.1. The average molecular weight is 297 g/mol. The van der Waals surface area contributed by atoms with Gasteiger partial charge in [-0.3, -0.25) is 0 Å². The molecule has 0 atom stereocenters. The number of hydrogen-bond acceptors (Lipinski definition) is 3. The molecule has 0 spiro atoms. The van der Waals surface area contributed by atoms with E-state index in [2.05, 4.69) is 54.4 Å². The van der Waals surface area contributed by atoms with E-state index in [1.54, 1.807) is 11.3 Å². The first-order valence-electron chi connectivity index (χ1n) is 7.39. The molecule has 108 valence electrons. The summed E-state index contributed by atoms with van der Waals surface area (Å²) in [5.74, 6) is 0. The van der Waals surface area contributed by atoms with Crippen LogP contribution in [0.3, 0.4) is 0 Å². The number of unbranched alkanes of at least 4 members (excludes halogenated alkanes) is 1. The first-order chi connectivity index (χ1) is 10.4. The van der Waals surface area contributed by atoms with Crippen molar-refractivity contribution >= 4 is 21.6 Å². The van der Waals surface area contributed by atoms with Crippen LogP contribution in [-0.4, -0.2) is 11.6 Å². The molecule has 0 saturated heterocycles. The van der Waals surface area contributed by atoms with Crippen molar-refractivity contribution in [3.63, 3.8) is 0 Å². The highest BCUT2D eigenvalue weighted by molar-refractivity contribution is 7.21. The van der Waals surface area contributed by atoms with Gasteiger partial charge in [-0.05, 0) is 24.1 Å². The zero-order chi connectivity index (χ0) is 14.5. The third-order valence-corrected chi connectivity index (χ3v) is 4.49. The van der Waals surface area contributed by atoms with E-state index < -0.39 is 0 Å². The predicted octanol–water partition coefficient (Wildman–Crippen LogP) is 5.28. The minimum absolute atomic E-state index is 0.695. The number of benzene rings is 2. The van der Waals surface area contributed by atoms with Crippen LogP contribution in [-0.2, 0) is 11.3 Å². The van der Waals surface area contributed by atoms with E-state index in [4.69, 9.17) is 4.74 Å². The maximum atomic E-state index is 5.64. The number of para-hydroxylation sites is 1. The van der Waals surface area contributed by atoms with Crippen LogP contribution in [0.25, 0.3) is 20.8 Å². The second kappa shape index (κ2) is 6.83. The van der Waals surface area contributed by atoms with Gasteiger partial charge in [-0.1, -0.05) is 49.7 Å². The van der Waals surface area contributed by atoms with Gasteiger partial charge in [0.05, 0.1) is 16.8 Å². The van der Waals surface area contributed by atoms with Crippen LogP contribution in [0.15, 0.2) is 48.5 Å². The summed E-state index contributed by atoms with van der Waals surface area (Å²) >= 11 is 1.74. The van der Waals surface area contributed by atoms with Gasteiger partial charge in [0.2, 0.25) is 0 Å². The van der Waals surface area contributed by atoms with E-state index in [0.29, 0.717) is 6.61 Å². The zero-order valence-electron chi connectivity index (χ0n) is 12.2. The van der Waals surface area contributed by atoms with Crippen molar-refractivity contribution in [1.82, 2.24) is 4.98 Å². The molecule has 0 saturated carbocycles. The summed E-state index contributed by atoms with van der Waals surface area (Å²) in [5, 5.41) is 1.08. The Morgan fingerprint density at radius 2 is 1.86 bits per heavy atom. The summed E-state index contributed by atoms with van der Waals surface area (Å²) in [6.07, 6.45) is 2.31. The molecule has 3 aromatic rings. The predicted molar refractivity (Wildman–Crippen MR) is 89.6 cm³/mol. The number of thiazole rings is 1. The number of nitrogens with zero attached hydrogens (tertiary/aromatic N) is 1. The van der Waals surface area contributed by atoms with Gasteiger partial charge in [-0.15, -0.1) is 11.3 Å². The van der Waals surface area contributed by atoms with Gasteiger partial charge >= 0.3 is 0 Å². The van der Waals surface area contributed by atoms with Crippen molar-refractivity contribution in [2.24, 2.45) is 0 Å². The van der Waals surface area contributed by atoms with Crippen molar-refractivity contribution in [2.75, 3.05) is 6.61 Å². The Balaban J connectivity index is 1.71. The highest BCUT2D eigenvalue weighted by atomic mass is 32.1. The lowest BCUT2D eigenvalue weighted by Crippen LogP contribution is -1.94. The van der Waals surface area contributed by atoms with Crippen LogP contribution in [0, 0.1) is 0 Å². The molecule has 0 aliphatic rings. The topological polar surface area (TPSA) is 22.1 Å². The van der Waals surface area contributed by atoms with Crippen molar-refractivity contribution in [1.29, 1.82) is 0 Å². The molecule has 0 aliphatic heterocycles. The fourth-order valence-electron chi connectivity index (χ4n) is 2.18. The van der Waals surface area contributed by atoms with Gasteiger partial charge in [0.1, 0.15) is 5.01 Å². The van der Waals surface area contributed by atoms with E-state index in [-0.39, 0.29) is 0 Å². The molecule has 3 rings (SSSR count). The Kier molecular flexibility index (Phi) is 4.63. The molecular weight excluding hydrogens is 278 g/mol. The summed E-state index contributed by atoms with van der Waals surface area (Å²) in [7, 11) is 0. The van der Waals surface area contributed by atoms with Crippen LogP contribution in [0.4, 0.5) is 0 Å². The molecule has 2 nitrogen and oxygen atoms in total. The Labute approximate surface area is 129 Å². The molecule has 0 N–H and O–H groups in total. The SMILES string of the molecule is CCCCOCc1ccc(-c2nc3ccccc3s2)cc1. The van der Waals surface area contributed by atoms with E-state index in [1.165, 1.54) is 22.2 Å². The fraction of sp³-hybridized carbons (Fsp3) is 0.278. The molecular formula is C18H19NOS. The summed E-state index contributed by atoms with van der Waals surface area (Å²) in [6, 6.07) is 16.8. The van der Waals surface area contributed by atoms with Crippen molar-refractivity contribution in [3.8, 4) is 10.6 Å². The molecule has 0 amide bonds. The third-order valence-electron chi connectivity index (χ3n) is 3.41. The summed E-state index contributed by atoms with van der Waals surface area (Å²) in [6.45, 7) is 3.71. The lowest BCUT2D eigenvalue weighted by Gasteiger charge is -2.04. The second-order valence-corrected chi connectivity index (χ2v) is 6.12. The Bertz CT molecular complexity index is 670. The van der Waals surface area contributed by atoms with E-state index in [1.807, 2.05) is 6.07 Å². The lowest BCUT2D eigenvalue weighted by atomic mass is 10.1. The molecule has 0 fully saturated rings. The Morgan fingerprint density at radius 3 is 2.62 bits per heavy atom. The number of fused-ring (bicyclic) bond motifs is 1. The highest BCUT2D eigenvalue weighted by Crippen LogP contribution is 2.30. The summed E-state index contributed by atoms with van der Waals surface area (Å²) in [5.41, 5.74) is 3.47. The maximum absolute atomic E-state index is 5.64. The van der Waals surface area contributed by atoms with Crippen LogP contribution in [0.1, 0.15) is 25.3 Å². The highest BCUT2D eigenvalue weighted by Gasteiger charge is 2.05. The molecule has 0 aliphatic carbocycles. The minimum atomic E-state index is 0.695. The van der Waals surface area contributed by atoms with Crippen molar-refractivity contribution in [3.05, 3.63) is 54.1 Å². The van der Waals surface area contributed by atoms with E-state index in [9.17, 15) is 0 Å². The van der Waals surface area contributed by atoms with Crippen molar-refractivity contribution < 1.29 is 4.74 Å². The largest absolute Gasteiger partial charge is 0.377 e. The molecule has 3 heteroatoms. The average Bonchev–Trinajstić information content (AvgIpc) is 2.96. The number of ether oxygens (including phenoxy) is 1. The summed E-state index contributed by atoms with van der Waals surface area (Å²) in [4.78, 5) is 4.69. The van der Waals surface area contributed by atoms with Crippen LogP contribution < -0.4 is 0 Å². The van der Waals surface area contributed by atoms with Crippen LogP contribution in [0.5, 0.6) is 0 Å². The Morgan fingerprint density at radius 1 is 1.05 bits per heavy atom. The van der Waals surface area contributed by atoms with Gasteiger partial charge < -0.3 is 4.74 Å². The van der Waals surface area contributed by atoms with E-state index >= 15 is 0 Å². The van der Waals surface area contributed by atoms with Crippen LogP contribution >= 0.6 is 11.3 Å². The molecule has 21 heavy (non-hydrogen) atoms. The molecule has 0 unspecified atom stereocenters. The standard InChI is InChI=1S/C18H19NOS/c1-2-3-12-20-13-14-8-10-15(11-9-14)18-19-16-6-4-5-7-17(16)21-18/h4-11H,2-3,12-13H2,1H3. The minimum Gasteiger partial charge on any atom is -0.377 e. The quantitative estimate of drug-likeness (QED) is 0.577. The van der Waals surface area contributed by atoms with Gasteiger partial charge in [-0.2, -0.15) is 0 Å². The maximum Gasteiger partial charge on any atom is 0.124 e. The zero-order valence-corrected chi connectivity index (χ0v) is 13.0. The first kappa shape index (κ1) is 14.2. The Hall–Kier alpha value is -1.71. The first-order valence-corrected chi connectivity index (χ1v) is 8.21. The lowest BCUT2D eigenvalue weighted by molar-refractivity contribution is 0.118. The molecule has 0 radical (unpaired) electrons. The molecule has 0 bridgehead atoms. The van der Waals surface area contributed by atoms with Crippen molar-refractivity contribution in [2.45, 2.75) is 26.4 Å². The third kappa shape index (κ3) is 3.49. The van der Waals surface area contributed by atoms with Gasteiger partial charge in [-0.25, -0.2) is 4.98 Å². The molecule has 1 heterocycles. The van der Waals surface area contributed by atoms with Gasteiger partial charge in [0.15, 0.2) is 0 Å². The smallest absolute Gasteiger partial charge is 0.124 e.